The first-order chi connectivity index (χ1) is 13.8. The van der Waals surface area contributed by atoms with Crippen LogP contribution in [0, 0.1) is 11.6 Å². The SMILES string of the molecule is O=C(Nc1ccc(S(=O)(=O)NCCc2ccccc2)cc1)c1ccc(F)c(F)c1. The van der Waals surface area contributed by atoms with Crippen molar-refractivity contribution >= 4 is 21.6 Å². The number of halogens is 2. The minimum atomic E-state index is -3.69. The molecular weight excluding hydrogens is 398 g/mol. The van der Waals surface area contributed by atoms with Crippen LogP contribution in [0.25, 0.3) is 0 Å². The van der Waals surface area contributed by atoms with Crippen molar-refractivity contribution < 1.29 is 22.0 Å². The van der Waals surface area contributed by atoms with Gasteiger partial charge in [0.25, 0.3) is 5.91 Å². The number of amides is 1. The van der Waals surface area contributed by atoms with Crippen LogP contribution in [0.3, 0.4) is 0 Å². The summed E-state index contributed by atoms with van der Waals surface area (Å²) in [7, 11) is -3.69. The van der Waals surface area contributed by atoms with Crippen LogP contribution in [-0.2, 0) is 16.4 Å². The second-order valence-corrected chi connectivity index (χ2v) is 8.01. The first-order valence-corrected chi connectivity index (χ1v) is 10.2. The Hall–Kier alpha value is -3.10. The minimum Gasteiger partial charge on any atom is -0.322 e. The number of hydrogen-bond donors (Lipinski definition) is 2. The van der Waals surface area contributed by atoms with Crippen LogP contribution >= 0.6 is 0 Å². The number of rotatable bonds is 7. The van der Waals surface area contributed by atoms with Gasteiger partial charge in [0.2, 0.25) is 10.0 Å². The zero-order valence-electron chi connectivity index (χ0n) is 15.2. The van der Waals surface area contributed by atoms with E-state index in [9.17, 15) is 22.0 Å². The van der Waals surface area contributed by atoms with Crippen molar-refractivity contribution in [2.24, 2.45) is 0 Å². The molecule has 0 aliphatic rings. The van der Waals surface area contributed by atoms with E-state index in [4.69, 9.17) is 0 Å². The van der Waals surface area contributed by atoms with Gasteiger partial charge in [0, 0.05) is 17.8 Å². The average molecular weight is 416 g/mol. The Morgan fingerprint density at radius 2 is 1.55 bits per heavy atom. The molecule has 0 heterocycles. The van der Waals surface area contributed by atoms with Gasteiger partial charge in [0.15, 0.2) is 11.6 Å². The molecule has 0 unspecified atom stereocenters. The third-order valence-corrected chi connectivity index (χ3v) is 5.63. The number of hydrogen-bond acceptors (Lipinski definition) is 3. The Kier molecular flexibility index (Phi) is 6.36. The first-order valence-electron chi connectivity index (χ1n) is 8.75. The lowest BCUT2D eigenvalue weighted by Gasteiger charge is -2.09. The monoisotopic (exact) mass is 416 g/mol. The highest BCUT2D eigenvalue weighted by Gasteiger charge is 2.14. The van der Waals surface area contributed by atoms with Crippen LogP contribution in [0.4, 0.5) is 14.5 Å². The standard InChI is InChI=1S/C21H18F2N2O3S/c22-19-11-6-16(14-20(19)23)21(26)25-17-7-9-18(10-8-17)29(27,28)24-13-12-15-4-2-1-3-5-15/h1-11,14,24H,12-13H2,(H,25,26). The second-order valence-electron chi connectivity index (χ2n) is 6.24. The van der Waals surface area contributed by atoms with Gasteiger partial charge in [0.1, 0.15) is 0 Å². The van der Waals surface area contributed by atoms with Gasteiger partial charge >= 0.3 is 0 Å². The van der Waals surface area contributed by atoms with E-state index in [2.05, 4.69) is 10.0 Å². The Balaban J connectivity index is 1.61. The molecule has 0 fully saturated rings. The normalized spacial score (nSPS) is 11.2. The van der Waals surface area contributed by atoms with E-state index < -0.39 is 27.6 Å². The molecule has 1 amide bonds. The molecule has 3 aromatic carbocycles. The van der Waals surface area contributed by atoms with Gasteiger partial charge in [-0.1, -0.05) is 30.3 Å². The Bertz CT molecular complexity index is 1100. The van der Waals surface area contributed by atoms with E-state index in [1.807, 2.05) is 30.3 Å². The van der Waals surface area contributed by atoms with E-state index in [1.54, 1.807) is 0 Å². The average Bonchev–Trinajstić information content (AvgIpc) is 2.71. The summed E-state index contributed by atoms with van der Waals surface area (Å²) < 4.78 is 53.5. The van der Waals surface area contributed by atoms with Gasteiger partial charge in [-0.25, -0.2) is 21.9 Å². The smallest absolute Gasteiger partial charge is 0.255 e. The van der Waals surface area contributed by atoms with Crippen LogP contribution in [-0.4, -0.2) is 20.9 Å². The van der Waals surface area contributed by atoms with Crippen molar-refractivity contribution in [2.75, 3.05) is 11.9 Å². The number of carbonyl (C=O) groups excluding carboxylic acids is 1. The van der Waals surface area contributed by atoms with Gasteiger partial charge in [-0.3, -0.25) is 4.79 Å². The third kappa shape index (κ3) is 5.46. The predicted octanol–water partition coefficient (Wildman–Crippen LogP) is 3.74. The molecule has 0 saturated heterocycles. The number of nitrogens with one attached hydrogen (secondary N) is 2. The molecule has 5 nitrogen and oxygen atoms in total. The topological polar surface area (TPSA) is 75.3 Å². The maximum Gasteiger partial charge on any atom is 0.255 e. The largest absolute Gasteiger partial charge is 0.322 e. The highest BCUT2D eigenvalue weighted by atomic mass is 32.2. The van der Waals surface area contributed by atoms with E-state index in [-0.39, 0.29) is 17.0 Å². The summed E-state index contributed by atoms with van der Waals surface area (Å²) in [6, 6.07) is 17.8. The molecule has 0 atom stereocenters. The van der Waals surface area contributed by atoms with Crippen molar-refractivity contribution in [2.45, 2.75) is 11.3 Å². The fourth-order valence-electron chi connectivity index (χ4n) is 2.62. The summed E-state index contributed by atoms with van der Waals surface area (Å²) >= 11 is 0. The Morgan fingerprint density at radius 3 is 2.21 bits per heavy atom. The molecule has 2 N–H and O–H groups in total. The predicted molar refractivity (Wildman–Crippen MR) is 106 cm³/mol. The molecule has 0 radical (unpaired) electrons. The highest BCUT2D eigenvalue weighted by Crippen LogP contribution is 2.16. The molecule has 3 rings (SSSR count). The zero-order valence-corrected chi connectivity index (χ0v) is 16.0. The van der Waals surface area contributed by atoms with Crippen molar-refractivity contribution in [1.29, 1.82) is 0 Å². The van der Waals surface area contributed by atoms with Crippen LogP contribution in [0.2, 0.25) is 0 Å². The van der Waals surface area contributed by atoms with Crippen molar-refractivity contribution in [3.05, 3.63) is 95.6 Å². The molecule has 8 heteroatoms. The molecule has 150 valence electrons. The number of anilines is 1. The lowest BCUT2D eigenvalue weighted by molar-refractivity contribution is 0.102. The number of carbonyl (C=O) groups is 1. The van der Waals surface area contributed by atoms with Crippen molar-refractivity contribution in [3.63, 3.8) is 0 Å². The quantitative estimate of drug-likeness (QED) is 0.616. The highest BCUT2D eigenvalue weighted by molar-refractivity contribution is 7.89. The van der Waals surface area contributed by atoms with Crippen LogP contribution in [0.15, 0.2) is 77.7 Å². The van der Waals surface area contributed by atoms with Crippen LogP contribution in [0.1, 0.15) is 15.9 Å². The third-order valence-electron chi connectivity index (χ3n) is 4.15. The molecule has 0 aliphatic carbocycles. The van der Waals surface area contributed by atoms with Crippen LogP contribution in [0.5, 0.6) is 0 Å². The number of benzene rings is 3. The summed E-state index contributed by atoms with van der Waals surface area (Å²) in [5.74, 6) is -2.81. The molecule has 0 aliphatic heterocycles. The molecule has 0 spiro atoms. The van der Waals surface area contributed by atoms with Gasteiger partial charge < -0.3 is 5.32 Å². The molecule has 3 aromatic rings. The first kappa shape index (κ1) is 20.6. The summed E-state index contributed by atoms with van der Waals surface area (Å²) in [6.07, 6.45) is 0.558. The fraction of sp³-hybridized carbons (Fsp3) is 0.0952. The molecule has 0 saturated carbocycles. The van der Waals surface area contributed by atoms with E-state index in [0.29, 0.717) is 12.1 Å². The second kappa shape index (κ2) is 8.93. The summed E-state index contributed by atoms with van der Waals surface area (Å²) in [5, 5.41) is 2.50. The van der Waals surface area contributed by atoms with Gasteiger partial charge in [-0.15, -0.1) is 0 Å². The van der Waals surface area contributed by atoms with E-state index >= 15 is 0 Å². The number of sulfonamides is 1. The zero-order chi connectivity index (χ0) is 20.9. The van der Waals surface area contributed by atoms with Gasteiger partial charge in [-0.05, 0) is 54.4 Å². The van der Waals surface area contributed by atoms with Gasteiger partial charge in [-0.2, -0.15) is 0 Å². The summed E-state index contributed by atoms with van der Waals surface area (Å²) in [4.78, 5) is 12.2. The molecular formula is C21H18F2N2O3S. The van der Waals surface area contributed by atoms with Gasteiger partial charge in [0.05, 0.1) is 4.90 Å². The van der Waals surface area contributed by atoms with E-state index in [1.165, 1.54) is 24.3 Å². The summed E-state index contributed by atoms with van der Waals surface area (Å²) in [6.45, 7) is 0.251. The lowest BCUT2D eigenvalue weighted by atomic mass is 10.2. The maximum atomic E-state index is 13.2. The maximum absolute atomic E-state index is 13.2. The minimum absolute atomic E-state index is 0.0522. The lowest BCUT2D eigenvalue weighted by Crippen LogP contribution is -2.26. The molecule has 29 heavy (non-hydrogen) atoms. The van der Waals surface area contributed by atoms with E-state index in [0.717, 1.165) is 23.8 Å². The van der Waals surface area contributed by atoms with Crippen molar-refractivity contribution in [1.82, 2.24) is 4.72 Å². The fourth-order valence-corrected chi connectivity index (χ4v) is 3.65. The molecule has 0 bridgehead atoms. The summed E-state index contributed by atoms with van der Waals surface area (Å²) in [5.41, 5.74) is 1.29. The Morgan fingerprint density at radius 1 is 0.862 bits per heavy atom. The van der Waals surface area contributed by atoms with Crippen LogP contribution < -0.4 is 10.0 Å². The Labute approximate surface area is 167 Å². The van der Waals surface area contributed by atoms with Crippen molar-refractivity contribution in [3.8, 4) is 0 Å². The molecule has 0 aromatic heterocycles.